The third-order valence-corrected chi connectivity index (χ3v) is 14.7. The fraction of sp³-hybridized carbons (Fsp3) is 0.844. The van der Waals surface area contributed by atoms with Gasteiger partial charge in [-0.15, -0.1) is 0 Å². The fourth-order valence-corrected chi connectivity index (χ4v) is 9.68. The molecule has 0 saturated carbocycles. The van der Waals surface area contributed by atoms with Crippen molar-refractivity contribution in [1.29, 1.82) is 0 Å². The van der Waals surface area contributed by atoms with E-state index in [0.717, 1.165) is 77.0 Å². The molecule has 75 heavy (non-hydrogen) atoms. The summed E-state index contributed by atoms with van der Waals surface area (Å²) in [5, 5.41) is 57.0. The summed E-state index contributed by atoms with van der Waals surface area (Å²) in [7, 11) is 0. The summed E-state index contributed by atoms with van der Waals surface area (Å²) in [6.45, 7) is 5.76. The van der Waals surface area contributed by atoms with Crippen LogP contribution >= 0.6 is 0 Å². The maximum Gasteiger partial charge on any atom is 0.306 e. The van der Waals surface area contributed by atoms with Gasteiger partial charge < -0.3 is 45.1 Å². The van der Waals surface area contributed by atoms with E-state index in [4.69, 9.17) is 14.2 Å². The standard InChI is InChI=1S/C64H117NO10/c1-4-7-10-13-16-19-22-25-26-27-28-29-30-31-34-36-39-42-45-48-51-57(68)63(72)65-55(56(67)50-47-44-41-38-35-32-23-20-17-14-11-8-5-2)54-73-64-62(61(71)60(70)58(53-66)74-64)75-59(69)52-49-46-43-40-37-33-24-21-18-15-12-9-6-3/h16,19,25-26,33,37,47,50,55-58,60-62,64,66-68,70-71H,4-15,17-18,20-24,27-32,34-36,38-46,48-49,51-54H2,1-3H3,(H,65,72)/b19-16-,26-25-,37-33-,50-47+. The average Bonchev–Trinajstić information content (AvgIpc) is 3.41. The highest BCUT2D eigenvalue weighted by Gasteiger charge is 2.47. The van der Waals surface area contributed by atoms with Crippen molar-refractivity contribution in [2.75, 3.05) is 13.2 Å². The van der Waals surface area contributed by atoms with Crippen LogP contribution in [0.1, 0.15) is 284 Å². The van der Waals surface area contributed by atoms with Crippen LogP contribution in [0.3, 0.4) is 0 Å². The normalized spacial score (nSPS) is 19.5. The van der Waals surface area contributed by atoms with Crippen molar-refractivity contribution in [2.24, 2.45) is 0 Å². The van der Waals surface area contributed by atoms with Gasteiger partial charge in [0.1, 0.15) is 24.4 Å². The van der Waals surface area contributed by atoms with Crippen LogP contribution in [0.2, 0.25) is 0 Å². The van der Waals surface area contributed by atoms with Gasteiger partial charge in [0.25, 0.3) is 0 Å². The van der Waals surface area contributed by atoms with Gasteiger partial charge in [-0.3, -0.25) is 9.59 Å². The van der Waals surface area contributed by atoms with E-state index < -0.39 is 67.4 Å². The molecule has 6 N–H and O–H groups in total. The van der Waals surface area contributed by atoms with Gasteiger partial charge in [0.05, 0.1) is 25.4 Å². The molecule has 0 spiro atoms. The number of carbonyl (C=O) groups excluding carboxylic acids is 2. The Balaban J connectivity index is 2.68. The Bertz CT molecular complexity index is 1400. The molecular formula is C64H117NO10. The van der Waals surface area contributed by atoms with Gasteiger partial charge in [0.2, 0.25) is 5.91 Å². The lowest BCUT2D eigenvalue weighted by molar-refractivity contribution is -0.305. The molecular weight excluding hydrogens is 943 g/mol. The summed E-state index contributed by atoms with van der Waals surface area (Å²) < 4.78 is 17.6. The second-order valence-corrected chi connectivity index (χ2v) is 21.8. The number of amides is 1. The van der Waals surface area contributed by atoms with Crippen LogP contribution in [0.4, 0.5) is 0 Å². The molecule has 8 unspecified atom stereocenters. The van der Waals surface area contributed by atoms with Crippen LogP contribution in [0.5, 0.6) is 0 Å². The number of carbonyl (C=O) groups is 2. The average molecular weight is 1060 g/mol. The number of hydrogen-bond acceptors (Lipinski definition) is 10. The summed E-state index contributed by atoms with van der Waals surface area (Å²) in [5.41, 5.74) is 0. The first-order chi connectivity index (χ1) is 36.7. The Hall–Kier alpha value is -2.38. The molecule has 1 fully saturated rings. The first kappa shape index (κ1) is 70.6. The zero-order valence-electron chi connectivity index (χ0n) is 48.4. The number of esters is 1. The summed E-state index contributed by atoms with van der Waals surface area (Å²) in [6, 6.07) is -1.03. The lowest BCUT2D eigenvalue weighted by Gasteiger charge is -2.41. The Morgan fingerprint density at radius 3 is 1.40 bits per heavy atom. The van der Waals surface area contributed by atoms with E-state index in [0.29, 0.717) is 12.8 Å². The molecule has 1 aliphatic heterocycles. The van der Waals surface area contributed by atoms with Crippen molar-refractivity contribution >= 4 is 11.9 Å². The summed E-state index contributed by atoms with van der Waals surface area (Å²) in [4.78, 5) is 26.5. The number of unbranched alkanes of at least 4 members (excludes halogenated alkanes) is 33. The van der Waals surface area contributed by atoms with Crippen molar-refractivity contribution in [1.82, 2.24) is 5.32 Å². The van der Waals surface area contributed by atoms with E-state index in [-0.39, 0.29) is 19.4 Å². The van der Waals surface area contributed by atoms with Crippen LogP contribution in [0.15, 0.2) is 48.6 Å². The molecule has 0 radical (unpaired) electrons. The molecule has 0 aliphatic carbocycles. The van der Waals surface area contributed by atoms with Crippen LogP contribution in [0, 0.1) is 0 Å². The number of nitrogens with one attached hydrogen (secondary N) is 1. The Labute approximate surface area is 459 Å². The van der Waals surface area contributed by atoms with Crippen molar-refractivity contribution in [3.63, 3.8) is 0 Å². The predicted molar refractivity (Wildman–Crippen MR) is 310 cm³/mol. The van der Waals surface area contributed by atoms with Crippen LogP contribution in [0.25, 0.3) is 0 Å². The molecule has 0 aromatic rings. The molecule has 1 heterocycles. The first-order valence-electron chi connectivity index (χ1n) is 31.4. The number of rotatable bonds is 53. The summed E-state index contributed by atoms with van der Waals surface area (Å²) in [6.07, 6.45) is 52.9. The lowest BCUT2D eigenvalue weighted by Crippen LogP contribution is -2.61. The summed E-state index contributed by atoms with van der Waals surface area (Å²) >= 11 is 0. The van der Waals surface area contributed by atoms with E-state index in [1.807, 2.05) is 6.08 Å². The predicted octanol–water partition coefficient (Wildman–Crippen LogP) is 14.8. The smallest absolute Gasteiger partial charge is 0.306 e. The van der Waals surface area contributed by atoms with Gasteiger partial charge in [-0.1, -0.05) is 243 Å². The number of aliphatic hydroxyl groups is 5. The highest BCUT2D eigenvalue weighted by atomic mass is 16.7. The molecule has 1 saturated heterocycles. The van der Waals surface area contributed by atoms with Gasteiger partial charge >= 0.3 is 5.97 Å². The lowest BCUT2D eigenvalue weighted by atomic mass is 9.99. The molecule has 0 aromatic carbocycles. The number of allylic oxidation sites excluding steroid dienone is 7. The zero-order valence-corrected chi connectivity index (χ0v) is 48.4. The number of ether oxygens (including phenoxy) is 3. The molecule has 0 aromatic heterocycles. The van der Waals surface area contributed by atoms with Gasteiger partial charge in [-0.05, 0) is 83.5 Å². The monoisotopic (exact) mass is 1060 g/mol. The SMILES string of the molecule is CCCCC/C=C\C/C=C\CCCCCCCCCCCCC(O)C(=O)NC(COC1OC(CO)C(O)C(O)C1OC(=O)CCCCC/C=C\CCCCCCCC)C(O)/C=C/CCCCCCCCCCCCC. The Morgan fingerprint density at radius 1 is 0.520 bits per heavy atom. The van der Waals surface area contributed by atoms with E-state index >= 15 is 0 Å². The largest absolute Gasteiger partial charge is 0.454 e. The highest BCUT2D eigenvalue weighted by Crippen LogP contribution is 2.26. The van der Waals surface area contributed by atoms with E-state index in [2.05, 4.69) is 62.5 Å². The highest BCUT2D eigenvalue weighted by molar-refractivity contribution is 5.80. The first-order valence-corrected chi connectivity index (χ1v) is 31.4. The van der Waals surface area contributed by atoms with Crippen LogP contribution in [-0.2, 0) is 23.8 Å². The van der Waals surface area contributed by atoms with Gasteiger partial charge in [0.15, 0.2) is 12.4 Å². The van der Waals surface area contributed by atoms with Crippen molar-refractivity contribution in [3.8, 4) is 0 Å². The molecule has 11 heteroatoms. The summed E-state index contributed by atoms with van der Waals surface area (Å²) in [5.74, 6) is -1.21. The second-order valence-electron chi connectivity index (χ2n) is 21.8. The molecule has 8 atom stereocenters. The van der Waals surface area contributed by atoms with Crippen LogP contribution in [-0.4, -0.2) is 99.6 Å². The zero-order chi connectivity index (χ0) is 54.7. The second kappa shape index (κ2) is 52.3. The number of hydrogen-bond donors (Lipinski definition) is 6. The van der Waals surface area contributed by atoms with Crippen molar-refractivity contribution in [3.05, 3.63) is 48.6 Å². The van der Waals surface area contributed by atoms with Crippen LogP contribution < -0.4 is 5.32 Å². The van der Waals surface area contributed by atoms with E-state index in [1.165, 1.54) is 161 Å². The van der Waals surface area contributed by atoms with Crippen molar-refractivity contribution in [2.45, 2.75) is 333 Å². The molecule has 11 nitrogen and oxygen atoms in total. The third-order valence-electron chi connectivity index (χ3n) is 14.7. The topological polar surface area (TPSA) is 175 Å². The Kier molecular flexibility index (Phi) is 49.3. The van der Waals surface area contributed by atoms with E-state index in [9.17, 15) is 35.1 Å². The Morgan fingerprint density at radius 2 is 0.920 bits per heavy atom. The van der Waals surface area contributed by atoms with Gasteiger partial charge in [0, 0.05) is 6.42 Å². The third kappa shape index (κ3) is 40.5. The minimum Gasteiger partial charge on any atom is -0.454 e. The van der Waals surface area contributed by atoms with E-state index in [1.54, 1.807) is 6.08 Å². The minimum absolute atomic E-state index is 0.104. The minimum atomic E-state index is -1.62. The molecule has 1 amide bonds. The maximum atomic E-state index is 13.4. The van der Waals surface area contributed by atoms with Crippen molar-refractivity contribution < 1.29 is 49.3 Å². The number of aliphatic hydroxyl groups excluding tert-OH is 5. The maximum absolute atomic E-state index is 13.4. The molecule has 1 rings (SSSR count). The molecule has 438 valence electrons. The fourth-order valence-electron chi connectivity index (χ4n) is 9.68. The molecule has 0 bridgehead atoms. The van der Waals surface area contributed by atoms with Gasteiger partial charge in [-0.2, -0.15) is 0 Å². The van der Waals surface area contributed by atoms with Gasteiger partial charge in [-0.25, -0.2) is 0 Å². The molecule has 1 aliphatic rings. The quantitative estimate of drug-likeness (QED) is 0.0195.